The van der Waals surface area contributed by atoms with Gasteiger partial charge >= 0.3 is 0 Å². The Bertz CT molecular complexity index is 893. The minimum atomic E-state index is -0.159. The lowest BCUT2D eigenvalue weighted by molar-refractivity contribution is -0.160. The molecule has 1 heterocycles. The molecule has 2 aromatic carbocycles. The van der Waals surface area contributed by atoms with Gasteiger partial charge in [0.25, 0.3) is 0 Å². The number of piperidine rings is 1. The summed E-state index contributed by atoms with van der Waals surface area (Å²) in [5.41, 5.74) is 3.83. The topological polar surface area (TPSA) is 29.5 Å². The fourth-order valence-electron chi connectivity index (χ4n) is 6.50. The number of likely N-dealkylation sites (tertiary alicyclic amines) is 1. The monoisotopic (exact) mass is 375 g/mol. The molecule has 146 valence electrons. The van der Waals surface area contributed by atoms with Gasteiger partial charge in [-0.2, -0.15) is 0 Å². The van der Waals surface area contributed by atoms with Crippen molar-refractivity contribution in [3.63, 3.8) is 0 Å². The molecule has 3 heteroatoms. The van der Waals surface area contributed by atoms with Crippen LogP contribution < -0.4 is 4.74 Å². The molecule has 2 fully saturated rings. The van der Waals surface area contributed by atoms with Gasteiger partial charge in [0.1, 0.15) is 5.75 Å². The molecule has 0 aromatic heterocycles. The maximum atomic E-state index is 13.3. The Morgan fingerprint density at radius 3 is 2.79 bits per heavy atom. The summed E-state index contributed by atoms with van der Waals surface area (Å²) in [6.07, 6.45) is 5.20. The molecule has 3 nitrogen and oxygen atoms in total. The summed E-state index contributed by atoms with van der Waals surface area (Å²) in [7, 11) is 1.74. The van der Waals surface area contributed by atoms with Crippen LogP contribution in [0.1, 0.15) is 49.3 Å². The molecule has 0 unspecified atom stereocenters. The third-order valence-electron chi connectivity index (χ3n) is 7.44. The number of fused-ring (bicyclic) bond motifs is 1. The van der Waals surface area contributed by atoms with Crippen LogP contribution in [0.2, 0.25) is 0 Å². The van der Waals surface area contributed by atoms with E-state index in [0.29, 0.717) is 36.6 Å². The number of ether oxygens (including phenoxy) is 1. The van der Waals surface area contributed by atoms with Gasteiger partial charge in [0.05, 0.1) is 12.6 Å². The van der Waals surface area contributed by atoms with Crippen LogP contribution in [0.4, 0.5) is 0 Å². The van der Waals surface area contributed by atoms with Crippen molar-refractivity contribution in [2.75, 3.05) is 7.11 Å². The molecule has 1 saturated heterocycles. The second-order valence-corrected chi connectivity index (χ2v) is 9.07. The normalized spacial score (nSPS) is 31.1. The highest BCUT2D eigenvalue weighted by atomic mass is 16.5. The van der Waals surface area contributed by atoms with Crippen molar-refractivity contribution >= 4 is 5.91 Å². The molecule has 0 N–H and O–H groups in total. The molecule has 2 aromatic rings. The summed E-state index contributed by atoms with van der Waals surface area (Å²) in [5.74, 6) is 3.12. The average Bonchev–Trinajstić information content (AvgIpc) is 2.70. The number of rotatable bonds is 3. The standard InChI is InChI=1S/C25H29NO2/c1-17-12-19-13-20-14-21(28-2)8-9-22(20)25(15-17)23(19)10-11-24(27)26(25)16-18-6-4-3-5-7-18/h3-9,14,17,19,23H,10-13,15-16H2,1-2H3/t17-,19+,23-,25+/m1/s1. The van der Waals surface area contributed by atoms with Gasteiger partial charge in [-0.15, -0.1) is 0 Å². The summed E-state index contributed by atoms with van der Waals surface area (Å²) in [6.45, 7) is 3.08. The van der Waals surface area contributed by atoms with Crippen LogP contribution in [-0.4, -0.2) is 17.9 Å². The predicted molar refractivity (Wildman–Crippen MR) is 110 cm³/mol. The fraction of sp³-hybridized carbons (Fsp3) is 0.480. The Morgan fingerprint density at radius 1 is 1.18 bits per heavy atom. The maximum Gasteiger partial charge on any atom is 0.223 e. The zero-order valence-electron chi connectivity index (χ0n) is 16.9. The van der Waals surface area contributed by atoms with Gasteiger partial charge in [0.2, 0.25) is 5.91 Å². The molecule has 5 rings (SSSR count). The van der Waals surface area contributed by atoms with Gasteiger partial charge in [-0.05, 0) is 72.3 Å². The second-order valence-electron chi connectivity index (χ2n) is 9.07. The van der Waals surface area contributed by atoms with Crippen LogP contribution >= 0.6 is 0 Å². The zero-order chi connectivity index (χ0) is 19.3. The van der Waals surface area contributed by atoms with Crippen LogP contribution in [0.25, 0.3) is 0 Å². The number of hydrogen-bond acceptors (Lipinski definition) is 2. The minimum absolute atomic E-state index is 0.159. The summed E-state index contributed by atoms with van der Waals surface area (Å²) in [4.78, 5) is 15.5. The van der Waals surface area contributed by atoms with Crippen LogP contribution in [0, 0.1) is 17.8 Å². The lowest BCUT2D eigenvalue weighted by Crippen LogP contribution is -2.63. The van der Waals surface area contributed by atoms with E-state index in [0.717, 1.165) is 25.0 Å². The highest BCUT2D eigenvalue weighted by molar-refractivity contribution is 5.79. The number of carbonyl (C=O) groups excluding carboxylic acids is 1. The Morgan fingerprint density at radius 2 is 2.00 bits per heavy atom. The lowest BCUT2D eigenvalue weighted by Gasteiger charge is -2.61. The van der Waals surface area contributed by atoms with Crippen LogP contribution in [0.15, 0.2) is 48.5 Å². The van der Waals surface area contributed by atoms with E-state index < -0.39 is 0 Å². The second kappa shape index (κ2) is 6.65. The Labute approximate surface area is 167 Å². The predicted octanol–water partition coefficient (Wildman–Crippen LogP) is 4.93. The third-order valence-corrected chi connectivity index (χ3v) is 7.44. The smallest absolute Gasteiger partial charge is 0.223 e. The lowest BCUT2D eigenvalue weighted by atomic mass is 9.52. The Kier molecular flexibility index (Phi) is 4.22. The quantitative estimate of drug-likeness (QED) is 0.761. The number of amides is 1. The van der Waals surface area contributed by atoms with Gasteiger partial charge in [0, 0.05) is 13.0 Å². The first-order valence-electron chi connectivity index (χ1n) is 10.6. The molecule has 1 amide bonds. The van der Waals surface area contributed by atoms with Crippen LogP contribution in [0.3, 0.4) is 0 Å². The van der Waals surface area contributed by atoms with E-state index >= 15 is 0 Å². The van der Waals surface area contributed by atoms with E-state index in [2.05, 4.69) is 54.3 Å². The summed E-state index contributed by atoms with van der Waals surface area (Å²) in [5, 5.41) is 0. The number of benzene rings is 2. The molecule has 3 aliphatic rings. The van der Waals surface area contributed by atoms with E-state index in [-0.39, 0.29) is 5.54 Å². The number of carbonyl (C=O) groups is 1. The van der Waals surface area contributed by atoms with Crippen molar-refractivity contribution in [3.8, 4) is 5.75 Å². The summed E-state index contributed by atoms with van der Waals surface area (Å²) >= 11 is 0. The summed E-state index contributed by atoms with van der Waals surface area (Å²) < 4.78 is 5.52. The van der Waals surface area contributed by atoms with Crippen molar-refractivity contribution in [3.05, 3.63) is 65.2 Å². The van der Waals surface area contributed by atoms with Gasteiger partial charge in [-0.3, -0.25) is 4.79 Å². The number of hydrogen-bond donors (Lipinski definition) is 0. The molecular weight excluding hydrogens is 346 g/mol. The van der Waals surface area contributed by atoms with Crippen molar-refractivity contribution < 1.29 is 9.53 Å². The summed E-state index contributed by atoms with van der Waals surface area (Å²) in [6, 6.07) is 17.1. The minimum Gasteiger partial charge on any atom is -0.497 e. The first-order chi connectivity index (χ1) is 13.6. The van der Waals surface area contributed by atoms with E-state index in [1.165, 1.54) is 23.1 Å². The SMILES string of the molecule is COc1ccc2c(c1)C[C@@H]1C[C@@H](C)C[C@@]23[C@@H]1CCC(=O)N3Cc1ccccc1. The molecule has 0 radical (unpaired) electrons. The highest BCUT2D eigenvalue weighted by Crippen LogP contribution is 2.59. The molecule has 2 aliphatic carbocycles. The first-order valence-corrected chi connectivity index (χ1v) is 10.6. The molecule has 0 spiro atoms. The molecule has 1 saturated carbocycles. The Balaban J connectivity index is 1.67. The van der Waals surface area contributed by atoms with Crippen molar-refractivity contribution in [2.45, 2.75) is 51.1 Å². The molecule has 28 heavy (non-hydrogen) atoms. The molecule has 4 atom stereocenters. The zero-order valence-corrected chi connectivity index (χ0v) is 16.9. The molecule has 2 bridgehead atoms. The van der Waals surface area contributed by atoms with Crippen LogP contribution in [0.5, 0.6) is 5.75 Å². The van der Waals surface area contributed by atoms with Crippen molar-refractivity contribution in [1.82, 2.24) is 4.90 Å². The van der Waals surface area contributed by atoms with Gasteiger partial charge in [-0.25, -0.2) is 0 Å². The fourth-order valence-corrected chi connectivity index (χ4v) is 6.50. The van der Waals surface area contributed by atoms with Gasteiger partial charge in [0.15, 0.2) is 0 Å². The third kappa shape index (κ3) is 2.59. The maximum absolute atomic E-state index is 13.3. The average molecular weight is 376 g/mol. The van der Waals surface area contributed by atoms with Crippen LogP contribution in [-0.2, 0) is 23.3 Å². The van der Waals surface area contributed by atoms with E-state index in [1.54, 1.807) is 7.11 Å². The van der Waals surface area contributed by atoms with E-state index in [9.17, 15) is 4.79 Å². The number of methoxy groups -OCH3 is 1. The largest absolute Gasteiger partial charge is 0.497 e. The Hall–Kier alpha value is -2.29. The van der Waals surface area contributed by atoms with Gasteiger partial charge in [-0.1, -0.05) is 43.3 Å². The molecular formula is C25H29NO2. The van der Waals surface area contributed by atoms with E-state index in [1.807, 2.05) is 6.07 Å². The molecule has 1 aliphatic heterocycles. The number of nitrogens with zero attached hydrogens (tertiary/aromatic N) is 1. The van der Waals surface area contributed by atoms with E-state index in [4.69, 9.17) is 4.74 Å². The first kappa shape index (κ1) is 17.8. The van der Waals surface area contributed by atoms with Gasteiger partial charge < -0.3 is 9.64 Å². The van der Waals surface area contributed by atoms with Crippen molar-refractivity contribution in [1.29, 1.82) is 0 Å². The van der Waals surface area contributed by atoms with Crippen molar-refractivity contribution in [2.24, 2.45) is 17.8 Å². The highest BCUT2D eigenvalue weighted by Gasteiger charge is 2.58.